The molecule has 0 spiro atoms. The number of carbonyl (C=O) groups excluding carboxylic acids is 1. The van der Waals surface area contributed by atoms with Gasteiger partial charge in [-0.05, 0) is 6.07 Å². The van der Waals surface area contributed by atoms with E-state index in [0.717, 1.165) is 18.4 Å². The number of sulfone groups is 1. The van der Waals surface area contributed by atoms with Crippen LogP contribution in [0.4, 0.5) is 5.69 Å². The first-order valence-electron chi connectivity index (χ1n) is 4.87. The van der Waals surface area contributed by atoms with Crippen LogP contribution in [0.1, 0.15) is 11.1 Å². The van der Waals surface area contributed by atoms with Crippen LogP contribution >= 0.6 is 0 Å². The molecular formula is C10H9N3O5S. The topological polar surface area (TPSA) is 144 Å². The number of primary amides is 1. The number of benzene rings is 1. The van der Waals surface area contributed by atoms with E-state index in [4.69, 9.17) is 11.0 Å². The Labute approximate surface area is 108 Å². The number of nitro benzene ring substituents is 1. The summed E-state index contributed by atoms with van der Waals surface area (Å²) < 4.78 is 23.2. The molecule has 19 heavy (non-hydrogen) atoms. The first-order chi connectivity index (χ1) is 8.68. The Morgan fingerprint density at radius 2 is 2.11 bits per heavy atom. The molecule has 9 heteroatoms. The summed E-state index contributed by atoms with van der Waals surface area (Å²) in [5.41, 5.74) is 3.68. The number of nitro groups is 1. The number of amides is 1. The van der Waals surface area contributed by atoms with Crippen molar-refractivity contribution in [1.29, 1.82) is 5.26 Å². The lowest BCUT2D eigenvalue weighted by molar-refractivity contribution is -0.388. The minimum Gasteiger partial charge on any atom is -0.369 e. The molecule has 0 aliphatic carbocycles. The van der Waals surface area contributed by atoms with Crippen molar-refractivity contribution in [3.8, 4) is 6.07 Å². The van der Waals surface area contributed by atoms with Crippen LogP contribution in [0.25, 0.3) is 0 Å². The number of hydrogen-bond donors (Lipinski definition) is 1. The smallest absolute Gasteiger partial charge is 0.293 e. The van der Waals surface area contributed by atoms with Crippen LogP contribution in [0.3, 0.4) is 0 Å². The molecule has 1 aromatic carbocycles. The molecule has 0 saturated carbocycles. The number of nitrogens with zero attached hydrogens (tertiary/aromatic N) is 2. The molecule has 1 rings (SSSR count). The van der Waals surface area contributed by atoms with Gasteiger partial charge in [-0.3, -0.25) is 14.9 Å². The summed E-state index contributed by atoms with van der Waals surface area (Å²) in [5, 5.41) is 19.9. The molecule has 2 N–H and O–H groups in total. The van der Waals surface area contributed by atoms with Gasteiger partial charge in [0.1, 0.15) is 6.07 Å². The highest BCUT2D eigenvalue weighted by molar-refractivity contribution is 7.91. The van der Waals surface area contributed by atoms with Crippen molar-refractivity contribution in [1.82, 2.24) is 0 Å². The van der Waals surface area contributed by atoms with Gasteiger partial charge in [0, 0.05) is 11.8 Å². The summed E-state index contributed by atoms with van der Waals surface area (Å²) in [6.45, 7) is 0. The first kappa shape index (κ1) is 14.6. The van der Waals surface area contributed by atoms with Crippen molar-refractivity contribution in [3.05, 3.63) is 33.4 Å². The summed E-state index contributed by atoms with van der Waals surface area (Å²) in [5.74, 6) is -0.841. The van der Waals surface area contributed by atoms with Crippen LogP contribution in [0.2, 0.25) is 0 Å². The zero-order valence-electron chi connectivity index (χ0n) is 9.78. The molecule has 0 saturated heterocycles. The van der Waals surface area contributed by atoms with Crippen molar-refractivity contribution in [2.75, 3.05) is 6.26 Å². The minimum absolute atomic E-state index is 0.142. The van der Waals surface area contributed by atoms with Gasteiger partial charge < -0.3 is 5.73 Å². The van der Waals surface area contributed by atoms with Gasteiger partial charge in [-0.25, -0.2) is 8.42 Å². The van der Waals surface area contributed by atoms with Gasteiger partial charge in [-0.15, -0.1) is 0 Å². The fraction of sp³-hybridized carbons (Fsp3) is 0.200. The highest BCUT2D eigenvalue weighted by Gasteiger charge is 2.30. The molecule has 0 fully saturated rings. The van der Waals surface area contributed by atoms with Crippen molar-refractivity contribution < 1.29 is 18.1 Å². The van der Waals surface area contributed by atoms with Gasteiger partial charge in [-0.2, -0.15) is 5.26 Å². The first-order valence-corrected chi connectivity index (χ1v) is 6.76. The SMILES string of the molecule is CS(=O)(=O)c1c(C#N)ccc(CC(N)=O)c1[N+](=O)[O-]. The summed E-state index contributed by atoms with van der Waals surface area (Å²) in [6, 6.07) is 3.84. The summed E-state index contributed by atoms with van der Waals surface area (Å²) in [6.07, 6.45) is 0.273. The number of nitriles is 1. The van der Waals surface area contributed by atoms with Crippen molar-refractivity contribution in [2.24, 2.45) is 5.73 Å². The standard InChI is InChI=1S/C10H9N3O5S/c1-19(17,18)10-7(5-11)3-2-6(4-8(12)14)9(10)13(15)16/h2-3H,4H2,1H3,(H2,12,14). The van der Waals surface area contributed by atoms with Gasteiger partial charge in [0.05, 0.1) is 16.9 Å². The maximum Gasteiger partial charge on any atom is 0.293 e. The Morgan fingerprint density at radius 3 is 2.47 bits per heavy atom. The monoisotopic (exact) mass is 283 g/mol. The molecule has 0 aliphatic rings. The molecule has 100 valence electrons. The van der Waals surface area contributed by atoms with E-state index >= 15 is 0 Å². The van der Waals surface area contributed by atoms with Crippen LogP contribution in [-0.2, 0) is 21.1 Å². The number of nitrogens with two attached hydrogens (primary N) is 1. The van der Waals surface area contributed by atoms with E-state index in [9.17, 15) is 23.3 Å². The van der Waals surface area contributed by atoms with Crippen LogP contribution in [0.15, 0.2) is 17.0 Å². The van der Waals surface area contributed by atoms with Crippen molar-refractivity contribution in [3.63, 3.8) is 0 Å². The third kappa shape index (κ3) is 3.05. The maximum atomic E-state index is 11.6. The van der Waals surface area contributed by atoms with Gasteiger partial charge in [-0.1, -0.05) is 6.07 Å². The molecule has 1 aromatic rings. The Balaban J connectivity index is 3.80. The molecule has 0 radical (unpaired) electrons. The van der Waals surface area contributed by atoms with E-state index in [2.05, 4.69) is 0 Å². The lowest BCUT2D eigenvalue weighted by atomic mass is 10.1. The van der Waals surface area contributed by atoms with E-state index in [1.54, 1.807) is 6.07 Å². The van der Waals surface area contributed by atoms with Gasteiger partial charge >= 0.3 is 0 Å². The molecule has 0 heterocycles. The molecule has 0 bridgehead atoms. The number of carbonyl (C=O) groups is 1. The van der Waals surface area contributed by atoms with Crippen molar-refractivity contribution >= 4 is 21.4 Å². The van der Waals surface area contributed by atoms with Crippen LogP contribution in [0, 0.1) is 21.4 Å². The Morgan fingerprint density at radius 1 is 1.53 bits per heavy atom. The van der Waals surface area contributed by atoms with Crippen molar-refractivity contribution in [2.45, 2.75) is 11.3 Å². The Hall–Kier alpha value is -2.47. The highest BCUT2D eigenvalue weighted by atomic mass is 32.2. The van der Waals surface area contributed by atoms with Gasteiger partial charge in [0.2, 0.25) is 5.91 Å². The largest absolute Gasteiger partial charge is 0.369 e. The zero-order chi connectivity index (χ0) is 14.8. The van der Waals surface area contributed by atoms with Gasteiger partial charge in [0.15, 0.2) is 14.7 Å². The van der Waals surface area contributed by atoms with E-state index < -0.39 is 37.7 Å². The zero-order valence-corrected chi connectivity index (χ0v) is 10.6. The molecular weight excluding hydrogens is 274 g/mol. The molecule has 1 amide bonds. The predicted molar refractivity (Wildman–Crippen MR) is 63.8 cm³/mol. The minimum atomic E-state index is -4.00. The second-order valence-electron chi connectivity index (χ2n) is 3.73. The Kier molecular flexibility index (Phi) is 3.86. The lowest BCUT2D eigenvalue weighted by Crippen LogP contribution is -2.16. The molecule has 0 atom stereocenters. The predicted octanol–water partition coefficient (Wildman–Crippen LogP) is -0.102. The quantitative estimate of drug-likeness (QED) is 0.603. The normalized spacial score (nSPS) is 10.7. The van der Waals surface area contributed by atoms with E-state index in [-0.39, 0.29) is 11.1 Å². The van der Waals surface area contributed by atoms with Crippen LogP contribution in [-0.4, -0.2) is 25.5 Å². The third-order valence-electron chi connectivity index (χ3n) is 2.25. The number of rotatable bonds is 4. The second kappa shape index (κ2) is 5.03. The molecule has 8 nitrogen and oxygen atoms in total. The van der Waals surface area contributed by atoms with Gasteiger partial charge in [0.25, 0.3) is 5.69 Å². The number of hydrogen-bond acceptors (Lipinski definition) is 6. The molecule has 0 aliphatic heterocycles. The van der Waals surface area contributed by atoms with E-state index in [1.807, 2.05) is 0 Å². The lowest BCUT2D eigenvalue weighted by Gasteiger charge is -2.07. The third-order valence-corrected chi connectivity index (χ3v) is 3.41. The summed E-state index contributed by atoms with van der Waals surface area (Å²) in [7, 11) is -4.00. The Bertz CT molecular complexity index is 703. The molecule has 0 aromatic heterocycles. The maximum absolute atomic E-state index is 11.6. The fourth-order valence-corrected chi connectivity index (χ4v) is 2.68. The van der Waals surface area contributed by atoms with E-state index in [0.29, 0.717) is 0 Å². The summed E-state index contributed by atoms with van der Waals surface area (Å²) >= 11 is 0. The van der Waals surface area contributed by atoms with Crippen LogP contribution in [0.5, 0.6) is 0 Å². The average molecular weight is 283 g/mol. The average Bonchev–Trinajstić information content (AvgIpc) is 2.25. The molecule has 0 unspecified atom stereocenters. The fourth-order valence-electron chi connectivity index (χ4n) is 1.61. The second-order valence-corrected chi connectivity index (χ2v) is 5.69. The highest BCUT2D eigenvalue weighted by Crippen LogP contribution is 2.31. The van der Waals surface area contributed by atoms with Crippen LogP contribution < -0.4 is 5.73 Å². The summed E-state index contributed by atoms with van der Waals surface area (Å²) in [4.78, 5) is 20.2. The van der Waals surface area contributed by atoms with E-state index in [1.165, 1.54) is 0 Å².